The number of hydrogen-bond acceptors (Lipinski definition) is 3. The Morgan fingerprint density at radius 1 is 1.25 bits per heavy atom. The molecule has 1 atom stereocenters. The van der Waals surface area contributed by atoms with Crippen LogP contribution in [0.1, 0.15) is 32.0 Å². The summed E-state index contributed by atoms with van der Waals surface area (Å²) in [5.74, 6) is 0. The predicted molar refractivity (Wildman–Crippen MR) is 83.9 cm³/mol. The van der Waals surface area contributed by atoms with Gasteiger partial charge in [-0.15, -0.1) is 0 Å². The van der Waals surface area contributed by atoms with E-state index < -0.39 is 6.10 Å². The molecule has 2 rings (SSSR count). The van der Waals surface area contributed by atoms with E-state index >= 15 is 0 Å². The molecular formula is C17H24N2O. The molecular weight excluding hydrogens is 248 g/mol. The number of aliphatic hydroxyl groups is 1. The summed E-state index contributed by atoms with van der Waals surface area (Å²) in [4.78, 5) is 4.63. The molecule has 0 bridgehead atoms. The third-order valence-electron chi connectivity index (χ3n) is 3.29. The summed E-state index contributed by atoms with van der Waals surface area (Å²) in [5, 5.41) is 14.6. The Morgan fingerprint density at radius 2 is 1.95 bits per heavy atom. The van der Waals surface area contributed by atoms with Crippen molar-refractivity contribution in [1.29, 1.82) is 0 Å². The van der Waals surface area contributed by atoms with Gasteiger partial charge < -0.3 is 10.4 Å². The Balaban J connectivity index is 2.10. The highest BCUT2D eigenvalue weighted by atomic mass is 16.3. The molecule has 0 aliphatic rings. The molecule has 0 aliphatic heterocycles. The Labute approximate surface area is 121 Å². The quantitative estimate of drug-likeness (QED) is 0.899. The average Bonchev–Trinajstić information content (AvgIpc) is 2.36. The number of nitrogens with one attached hydrogen (secondary N) is 1. The van der Waals surface area contributed by atoms with E-state index in [4.69, 9.17) is 0 Å². The summed E-state index contributed by atoms with van der Waals surface area (Å²) < 4.78 is 0. The molecule has 2 aromatic rings. The molecule has 1 heterocycles. The van der Waals surface area contributed by atoms with Crippen molar-refractivity contribution in [3.8, 4) is 0 Å². The number of β-amino-alcohol motifs (C(OH)–C–C–N with tert-alkyl or cyclic N) is 1. The molecule has 108 valence electrons. The lowest BCUT2D eigenvalue weighted by atomic mass is 10.1. The lowest BCUT2D eigenvalue weighted by Crippen LogP contribution is -2.41. The van der Waals surface area contributed by atoms with Gasteiger partial charge in [0.25, 0.3) is 0 Å². The van der Waals surface area contributed by atoms with Crippen LogP contribution >= 0.6 is 0 Å². The SMILES string of the molecule is Cc1cc(C[C@H](O)CNC(C)(C)C)nc2ccccc12. The molecule has 3 nitrogen and oxygen atoms in total. The molecule has 1 aromatic carbocycles. The number of aromatic nitrogens is 1. The minimum Gasteiger partial charge on any atom is -0.391 e. The molecule has 1 aromatic heterocycles. The van der Waals surface area contributed by atoms with Crippen LogP contribution in [0.5, 0.6) is 0 Å². The predicted octanol–water partition coefficient (Wildman–Crippen LogP) is 2.83. The zero-order chi connectivity index (χ0) is 14.8. The van der Waals surface area contributed by atoms with Crippen LogP contribution in [-0.2, 0) is 6.42 Å². The molecule has 0 fully saturated rings. The molecule has 2 N–H and O–H groups in total. The maximum Gasteiger partial charge on any atom is 0.0720 e. The van der Waals surface area contributed by atoms with Crippen molar-refractivity contribution in [2.24, 2.45) is 0 Å². The van der Waals surface area contributed by atoms with Gasteiger partial charge in [0, 0.05) is 29.6 Å². The summed E-state index contributed by atoms with van der Waals surface area (Å²) in [6.45, 7) is 8.96. The number of pyridine rings is 1. The second kappa shape index (κ2) is 5.90. The second-order valence-corrected chi connectivity index (χ2v) is 6.44. The Morgan fingerprint density at radius 3 is 2.65 bits per heavy atom. The fourth-order valence-electron chi connectivity index (χ4n) is 2.26. The van der Waals surface area contributed by atoms with Gasteiger partial charge in [-0.2, -0.15) is 0 Å². The van der Waals surface area contributed by atoms with E-state index in [1.54, 1.807) is 0 Å². The number of para-hydroxylation sites is 1. The Kier molecular flexibility index (Phi) is 4.41. The third kappa shape index (κ3) is 4.02. The van der Waals surface area contributed by atoms with E-state index in [0.29, 0.717) is 13.0 Å². The van der Waals surface area contributed by atoms with E-state index in [1.807, 2.05) is 18.2 Å². The van der Waals surface area contributed by atoms with Gasteiger partial charge in [-0.05, 0) is 45.4 Å². The highest BCUT2D eigenvalue weighted by molar-refractivity contribution is 5.82. The van der Waals surface area contributed by atoms with E-state index in [2.05, 4.69) is 50.1 Å². The van der Waals surface area contributed by atoms with Gasteiger partial charge in [0.05, 0.1) is 11.6 Å². The van der Waals surface area contributed by atoms with Crippen molar-refractivity contribution in [3.05, 3.63) is 41.6 Å². The van der Waals surface area contributed by atoms with Crippen molar-refractivity contribution in [3.63, 3.8) is 0 Å². The van der Waals surface area contributed by atoms with E-state index in [1.165, 1.54) is 10.9 Å². The Hall–Kier alpha value is -1.45. The van der Waals surface area contributed by atoms with Crippen LogP contribution in [-0.4, -0.2) is 28.3 Å². The molecule has 20 heavy (non-hydrogen) atoms. The Bertz CT molecular complexity index is 587. The highest BCUT2D eigenvalue weighted by Gasteiger charge is 2.13. The molecule has 0 unspecified atom stereocenters. The van der Waals surface area contributed by atoms with Gasteiger partial charge in [0.1, 0.15) is 0 Å². The van der Waals surface area contributed by atoms with Gasteiger partial charge in [0.15, 0.2) is 0 Å². The van der Waals surface area contributed by atoms with Crippen LogP contribution in [0.4, 0.5) is 0 Å². The van der Waals surface area contributed by atoms with E-state index in [0.717, 1.165) is 11.2 Å². The molecule has 3 heteroatoms. The van der Waals surface area contributed by atoms with Gasteiger partial charge in [-0.3, -0.25) is 4.98 Å². The van der Waals surface area contributed by atoms with Crippen molar-refractivity contribution in [2.75, 3.05) is 6.54 Å². The summed E-state index contributed by atoms with van der Waals surface area (Å²) >= 11 is 0. The third-order valence-corrected chi connectivity index (χ3v) is 3.29. The number of benzene rings is 1. The normalized spacial score (nSPS) is 13.7. The maximum absolute atomic E-state index is 10.1. The first-order valence-corrected chi connectivity index (χ1v) is 7.13. The molecule has 0 saturated heterocycles. The van der Waals surface area contributed by atoms with Crippen LogP contribution in [0.25, 0.3) is 10.9 Å². The van der Waals surface area contributed by atoms with Crippen molar-refractivity contribution < 1.29 is 5.11 Å². The fraction of sp³-hybridized carbons (Fsp3) is 0.471. The number of nitrogens with zero attached hydrogens (tertiary/aromatic N) is 1. The summed E-state index contributed by atoms with van der Waals surface area (Å²) in [6.07, 6.45) is 0.164. The zero-order valence-corrected chi connectivity index (χ0v) is 12.8. The zero-order valence-electron chi connectivity index (χ0n) is 12.8. The fourth-order valence-corrected chi connectivity index (χ4v) is 2.26. The minimum atomic E-state index is -0.415. The smallest absolute Gasteiger partial charge is 0.0720 e. The average molecular weight is 272 g/mol. The monoisotopic (exact) mass is 272 g/mol. The molecule has 0 aliphatic carbocycles. The highest BCUT2D eigenvalue weighted by Crippen LogP contribution is 2.18. The first kappa shape index (κ1) is 14.9. The van der Waals surface area contributed by atoms with Gasteiger partial charge in [0.2, 0.25) is 0 Å². The van der Waals surface area contributed by atoms with Crippen LogP contribution in [0.15, 0.2) is 30.3 Å². The number of rotatable bonds is 4. The molecule has 0 spiro atoms. The molecule has 0 saturated carbocycles. The maximum atomic E-state index is 10.1. The number of aryl methyl sites for hydroxylation is 1. The van der Waals surface area contributed by atoms with E-state index in [-0.39, 0.29) is 5.54 Å². The van der Waals surface area contributed by atoms with Gasteiger partial charge in [-0.25, -0.2) is 0 Å². The van der Waals surface area contributed by atoms with Crippen LogP contribution < -0.4 is 5.32 Å². The van der Waals surface area contributed by atoms with Crippen molar-refractivity contribution >= 4 is 10.9 Å². The number of aliphatic hydroxyl groups excluding tert-OH is 1. The number of hydrogen-bond donors (Lipinski definition) is 2. The minimum absolute atomic E-state index is 0.0215. The lowest BCUT2D eigenvalue weighted by Gasteiger charge is -2.22. The molecule has 0 radical (unpaired) electrons. The first-order chi connectivity index (χ1) is 9.35. The first-order valence-electron chi connectivity index (χ1n) is 7.13. The summed E-state index contributed by atoms with van der Waals surface area (Å²) in [7, 11) is 0. The van der Waals surface area contributed by atoms with E-state index in [9.17, 15) is 5.11 Å². The van der Waals surface area contributed by atoms with Gasteiger partial charge in [-0.1, -0.05) is 18.2 Å². The topological polar surface area (TPSA) is 45.1 Å². The lowest BCUT2D eigenvalue weighted by molar-refractivity contribution is 0.160. The van der Waals surface area contributed by atoms with Crippen LogP contribution in [0.2, 0.25) is 0 Å². The summed E-state index contributed by atoms with van der Waals surface area (Å²) in [5.41, 5.74) is 3.18. The van der Waals surface area contributed by atoms with Crippen molar-refractivity contribution in [2.45, 2.75) is 45.8 Å². The standard InChI is InChI=1S/C17H24N2O/c1-12-9-13(10-14(20)11-18-17(2,3)4)19-16-8-6-5-7-15(12)16/h5-9,14,18,20H,10-11H2,1-4H3/t14-/m0/s1. The number of fused-ring (bicyclic) bond motifs is 1. The van der Waals surface area contributed by atoms with Crippen molar-refractivity contribution in [1.82, 2.24) is 10.3 Å². The second-order valence-electron chi connectivity index (χ2n) is 6.44. The van der Waals surface area contributed by atoms with Crippen LogP contribution in [0.3, 0.4) is 0 Å². The molecule has 0 amide bonds. The summed E-state index contributed by atoms with van der Waals surface area (Å²) in [6, 6.07) is 10.2. The van der Waals surface area contributed by atoms with Gasteiger partial charge >= 0.3 is 0 Å². The largest absolute Gasteiger partial charge is 0.391 e. The van der Waals surface area contributed by atoms with Crippen LogP contribution in [0, 0.1) is 6.92 Å².